The van der Waals surface area contributed by atoms with E-state index in [1.165, 1.54) is 19.3 Å². The quantitative estimate of drug-likeness (QED) is 0.668. The Kier molecular flexibility index (Phi) is 4.59. The lowest BCUT2D eigenvalue weighted by Gasteiger charge is -2.28. The van der Waals surface area contributed by atoms with E-state index < -0.39 is 7.68 Å². The molecule has 1 saturated carbocycles. The molecule has 0 amide bonds. The molecule has 1 rings (SSSR count). The van der Waals surface area contributed by atoms with Gasteiger partial charge in [-0.25, -0.2) is 0 Å². The maximum atomic E-state index is 13.2. The Morgan fingerprint density at radius 3 is 2.50 bits per heavy atom. The van der Waals surface area contributed by atoms with Crippen LogP contribution in [0.5, 0.6) is 0 Å². The molecule has 2 atom stereocenters. The fourth-order valence-corrected chi connectivity index (χ4v) is 2.83. The van der Waals surface area contributed by atoms with Crippen molar-refractivity contribution in [2.24, 2.45) is 5.92 Å². The zero-order valence-corrected chi connectivity index (χ0v) is 9.93. The molecule has 0 aromatic heterocycles. The Labute approximate surface area is 85.8 Å². The molecule has 2 unspecified atom stereocenters. The van der Waals surface area contributed by atoms with Gasteiger partial charge in [0.25, 0.3) is 0 Å². The minimum atomic E-state index is -3.80. The van der Waals surface area contributed by atoms with Crippen molar-refractivity contribution in [1.29, 1.82) is 0 Å². The number of hydrogen-bond acceptors (Lipinski definition) is 2. The topological polar surface area (TPSA) is 26.3 Å². The molecular weight excluding hydrogens is 202 g/mol. The molecule has 84 valence electrons. The number of halogens is 1. The summed E-state index contributed by atoms with van der Waals surface area (Å²) in [7, 11) is -3.80. The molecular formula is C10H20FO2P. The van der Waals surface area contributed by atoms with Crippen molar-refractivity contribution >= 4 is 7.68 Å². The van der Waals surface area contributed by atoms with Crippen LogP contribution in [-0.4, -0.2) is 12.3 Å². The highest BCUT2D eigenvalue weighted by atomic mass is 31.2. The molecule has 1 aliphatic rings. The monoisotopic (exact) mass is 222 g/mol. The van der Waals surface area contributed by atoms with Crippen molar-refractivity contribution in [1.82, 2.24) is 0 Å². The van der Waals surface area contributed by atoms with Crippen LogP contribution < -0.4 is 0 Å². The van der Waals surface area contributed by atoms with E-state index in [4.69, 9.17) is 4.52 Å². The second kappa shape index (κ2) is 5.27. The molecule has 0 bridgehead atoms. The Morgan fingerprint density at radius 1 is 1.43 bits per heavy atom. The zero-order chi connectivity index (χ0) is 10.6. The highest BCUT2D eigenvalue weighted by Crippen LogP contribution is 2.50. The molecule has 4 heteroatoms. The maximum absolute atomic E-state index is 13.2. The van der Waals surface area contributed by atoms with Crippen molar-refractivity contribution in [3.63, 3.8) is 0 Å². The number of rotatable bonds is 4. The predicted octanol–water partition coefficient (Wildman–Crippen LogP) is 4.15. The largest absolute Gasteiger partial charge is 0.367 e. The van der Waals surface area contributed by atoms with Gasteiger partial charge in [-0.1, -0.05) is 26.2 Å². The summed E-state index contributed by atoms with van der Waals surface area (Å²) in [5.41, 5.74) is 0. The van der Waals surface area contributed by atoms with E-state index in [9.17, 15) is 8.76 Å². The van der Waals surface area contributed by atoms with Gasteiger partial charge in [-0.15, -0.1) is 0 Å². The first-order valence-electron chi connectivity index (χ1n) is 5.52. The average molecular weight is 222 g/mol. The Bertz CT molecular complexity index is 214. The first-order chi connectivity index (χ1) is 6.55. The highest BCUT2D eigenvalue weighted by Gasteiger charge is 2.28. The maximum Gasteiger partial charge on any atom is 0.367 e. The van der Waals surface area contributed by atoms with E-state index in [0.29, 0.717) is 5.92 Å². The summed E-state index contributed by atoms with van der Waals surface area (Å²) in [6.45, 7) is 3.41. The third kappa shape index (κ3) is 3.70. The first-order valence-corrected chi connectivity index (χ1v) is 7.22. The van der Waals surface area contributed by atoms with Crippen LogP contribution >= 0.6 is 7.68 Å². The molecule has 14 heavy (non-hydrogen) atoms. The van der Waals surface area contributed by atoms with Crippen molar-refractivity contribution in [2.45, 2.75) is 52.1 Å². The van der Waals surface area contributed by atoms with E-state index in [1.807, 2.05) is 6.92 Å². The van der Waals surface area contributed by atoms with Crippen LogP contribution in [0.2, 0.25) is 0 Å². The smallest absolute Gasteiger partial charge is 0.302 e. The van der Waals surface area contributed by atoms with Crippen LogP contribution in [0.25, 0.3) is 0 Å². The molecule has 0 spiro atoms. The van der Waals surface area contributed by atoms with Gasteiger partial charge in [0, 0.05) is 0 Å². The summed E-state index contributed by atoms with van der Waals surface area (Å²) in [4.78, 5) is 0. The van der Waals surface area contributed by atoms with E-state index in [2.05, 4.69) is 0 Å². The van der Waals surface area contributed by atoms with Gasteiger partial charge in [0.2, 0.25) is 0 Å². The van der Waals surface area contributed by atoms with Crippen LogP contribution in [0.4, 0.5) is 4.20 Å². The van der Waals surface area contributed by atoms with Gasteiger partial charge in [0.1, 0.15) is 0 Å². The van der Waals surface area contributed by atoms with Crippen LogP contribution in [0.15, 0.2) is 0 Å². The van der Waals surface area contributed by atoms with Crippen LogP contribution in [0.3, 0.4) is 0 Å². The zero-order valence-electron chi connectivity index (χ0n) is 9.04. The molecule has 0 aromatic rings. The summed E-state index contributed by atoms with van der Waals surface area (Å²) in [5.74, 6) is 0.402. The minimum Gasteiger partial charge on any atom is -0.302 e. The SMILES string of the molecule is CCP(=O)(F)OC(C)C1CCCCC1. The molecule has 1 aliphatic carbocycles. The Balaban J connectivity index is 2.40. The first kappa shape index (κ1) is 12.2. The van der Waals surface area contributed by atoms with Crippen LogP contribution in [0, 0.1) is 5.92 Å². The van der Waals surface area contributed by atoms with Gasteiger partial charge in [0.15, 0.2) is 0 Å². The van der Waals surface area contributed by atoms with E-state index in [1.54, 1.807) is 6.92 Å². The van der Waals surface area contributed by atoms with Crippen LogP contribution in [0.1, 0.15) is 46.0 Å². The second-order valence-corrected chi connectivity index (χ2v) is 6.14. The van der Waals surface area contributed by atoms with Gasteiger partial charge < -0.3 is 4.52 Å². The Hall–Kier alpha value is 0.120. The van der Waals surface area contributed by atoms with Gasteiger partial charge in [0.05, 0.1) is 12.3 Å². The lowest BCUT2D eigenvalue weighted by atomic mass is 9.86. The van der Waals surface area contributed by atoms with E-state index >= 15 is 0 Å². The Morgan fingerprint density at radius 2 is 2.00 bits per heavy atom. The van der Waals surface area contributed by atoms with Crippen LogP contribution in [-0.2, 0) is 9.09 Å². The molecule has 0 aromatic carbocycles. The summed E-state index contributed by atoms with van der Waals surface area (Å²) in [5, 5.41) is 0. The molecule has 0 heterocycles. The molecule has 2 nitrogen and oxygen atoms in total. The van der Waals surface area contributed by atoms with E-state index in [-0.39, 0.29) is 12.3 Å². The van der Waals surface area contributed by atoms with Gasteiger partial charge in [-0.05, 0) is 25.7 Å². The fourth-order valence-electron chi connectivity index (χ4n) is 2.01. The van der Waals surface area contributed by atoms with Crippen molar-refractivity contribution in [3.8, 4) is 0 Å². The summed E-state index contributed by atoms with van der Waals surface area (Å²) in [6.07, 6.45) is 5.64. The third-order valence-corrected chi connectivity index (χ3v) is 4.42. The lowest BCUT2D eigenvalue weighted by molar-refractivity contribution is 0.117. The fraction of sp³-hybridized carbons (Fsp3) is 1.00. The van der Waals surface area contributed by atoms with E-state index in [0.717, 1.165) is 12.8 Å². The van der Waals surface area contributed by atoms with Gasteiger partial charge >= 0.3 is 7.68 Å². The number of hydrogen-bond donors (Lipinski definition) is 0. The highest BCUT2D eigenvalue weighted by molar-refractivity contribution is 7.53. The average Bonchev–Trinajstić information content (AvgIpc) is 2.19. The van der Waals surface area contributed by atoms with Crippen molar-refractivity contribution in [2.75, 3.05) is 6.16 Å². The minimum absolute atomic E-state index is 0.00986. The van der Waals surface area contributed by atoms with Gasteiger partial charge in [-0.2, -0.15) is 4.20 Å². The summed E-state index contributed by atoms with van der Waals surface area (Å²) < 4.78 is 29.3. The normalized spacial score (nSPS) is 25.6. The molecule has 1 fully saturated rings. The molecule has 0 N–H and O–H groups in total. The van der Waals surface area contributed by atoms with Crippen molar-refractivity contribution in [3.05, 3.63) is 0 Å². The van der Waals surface area contributed by atoms with Gasteiger partial charge in [-0.3, -0.25) is 4.57 Å². The third-order valence-electron chi connectivity index (χ3n) is 3.02. The summed E-state index contributed by atoms with van der Waals surface area (Å²) >= 11 is 0. The predicted molar refractivity (Wildman–Crippen MR) is 56.4 cm³/mol. The molecule has 0 aliphatic heterocycles. The standard InChI is InChI=1S/C10H20FO2P/c1-3-14(11,12)13-9(2)10-7-5-4-6-8-10/h9-10H,3-8H2,1-2H3. The summed E-state index contributed by atoms with van der Waals surface area (Å²) in [6, 6.07) is 0. The molecule has 0 saturated heterocycles. The lowest BCUT2D eigenvalue weighted by Crippen LogP contribution is -2.21. The van der Waals surface area contributed by atoms with Crippen molar-refractivity contribution < 1.29 is 13.3 Å². The second-order valence-electron chi connectivity index (χ2n) is 4.12. The molecule has 0 radical (unpaired) electrons.